The molecule has 0 aliphatic heterocycles. The molecule has 2 aromatic heterocycles. The van der Waals surface area contributed by atoms with Crippen molar-refractivity contribution in [2.45, 2.75) is 6.54 Å². The number of aryl methyl sites for hydroxylation is 1. The SMILES string of the molecule is Cn1ncnc1Cn1nc(N)sc1=O. The molecule has 0 aliphatic rings. The maximum absolute atomic E-state index is 11.3. The van der Waals surface area contributed by atoms with Crippen LogP contribution in [0, 0.1) is 0 Å². The van der Waals surface area contributed by atoms with E-state index in [2.05, 4.69) is 15.2 Å². The number of hydrogen-bond donors (Lipinski definition) is 1. The van der Waals surface area contributed by atoms with Crippen LogP contribution in [0.4, 0.5) is 5.13 Å². The number of nitrogen functional groups attached to an aromatic ring is 1. The minimum absolute atomic E-state index is 0.189. The van der Waals surface area contributed by atoms with Crippen LogP contribution in [0.1, 0.15) is 5.82 Å². The molecule has 2 aromatic rings. The van der Waals surface area contributed by atoms with E-state index < -0.39 is 0 Å². The predicted molar refractivity (Wildman–Crippen MR) is 50.9 cm³/mol. The Bertz CT molecular complexity index is 496. The van der Waals surface area contributed by atoms with Gasteiger partial charge in [-0.05, 0) is 11.3 Å². The van der Waals surface area contributed by atoms with Gasteiger partial charge in [0, 0.05) is 7.05 Å². The lowest BCUT2D eigenvalue weighted by Crippen LogP contribution is -2.18. The fourth-order valence-electron chi connectivity index (χ4n) is 1.02. The maximum atomic E-state index is 11.3. The standard InChI is InChI=1S/C6H8N6OS/c1-11-4(8-3-9-11)2-12-6(13)14-5(7)10-12/h3H,2H2,1H3,(H2,7,10). The molecule has 0 saturated carbocycles. The Hall–Kier alpha value is -1.70. The van der Waals surface area contributed by atoms with Gasteiger partial charge in [-0.1, -0.05) is 0 Å². The van der Waals surface area contributed by atoms with E-state index >= 15 is 0 Å². The van der Waals surface area contributed by atoms with E-state index in [0.29, 0.717) is 12.4 Å². The van der Waals surface area contributed by atoms with E-state index in [1.807, 2.05) is 0 Å². The number of aromatic nitrogens is 5. The lowest BCUT2D eigenvalue weighted by Gasteiger charge is -1.97. The number of nitrogens with zero attached hydrogens (tertiary/aromatic N) is 5. The van der Waals surface area contributed by atoms with Gasteiger partial charge in [0.15, 0.2) is 0 Å². The molecular weight excluding hydrogens is 204 g/mol. The predicted octanol–water partition coefficient (Wildman–Crippen LogP) is -0.936. The number of rotatable bonds is 2. The Labute approximate surface area is 82.8 Å². The summed E-state index contributed by atoms with van der Waals surface area (Å²) >= 11 is 0.914. The molecule has 2 heterocycles. The Morgan fingerprint density at radius 3 is 2.93 bits per heavy atom. The van der Waals surface area contributed by atoms with Gasteiger partial charge in [-0.15, -0.1) is 5.10 Å². The highest BCUT2D eigenvalue weighted by Gasteiger charge is 2.07. The molecular formula is C6H8N6OS. The zero-order valence-electron chi connectivity index (χ0n) is 7.41. The minimum atomic E-state index is -0.189. The summed E-state index contributed by atoms with van der Waals surface area (Å²) < 4.78 is 2.85. The fraction of sp³-hybridized carbons (Fsp3) is 0.333. The van der Waals surface area contributed by atoms with Gasteiger partial charge in [-0.2, -0.15) is 5.10 Å². The first-order valence-corrected chi connectivity index (χ1v) is 4.65. The van der Waals surface area contributed by atoms with Crippen molar-refractivity contribution in [2.24, 2.45) is 7.05 Å². The summed E-state index contributed by atoms with van der Waals surface area (Å²) in [5.41, 5.74) is 5.39. The van der Waals surface area contributed by atoms with Crippen LogP contribution in [-0.4, -0.2) is 24.5 Å². The Balaban J connectivity index is 2.31. The Morgan fingerprint density at radius 1 is 1.64 bits per heavy atom. The van der Waals surface area contributed by atoms with Crippen LogP contribution in [-0.2, 0) is 13.6 Å². The second-order valence-corrected chi connectivity index (χ2v) is 3.64. The molecule has 0 spiro atoms. The second-order valence-electron chi connectivity index (χ2n) is 2.66. The third-order valence-electron chi connectivity index (χ3n) is 1.72. The zero-order chi connectivity index (χ0) is 10.1. The molecule has 2 N–H and O–H groups in total. The van der Waals surface area contributed by atoms with Crippen molar-refractivity contribution in [1.29, 1.82) is 0 Å². The van der Waals surface area contributed by atoms with Gasteiger partial charge in [0.1, 0.15) is 18.7 Å². The number of hydrogen-bond acceptors (Lipinski definition) is 6. The largest absolute Gasteiger partial charge is 0.374 e. The monoisotopic (exact) mass is 212 g/mol. The van der Waals surface area contributed by atoms with Crippen LogP contribution >= 0.6 is 11.3 Å². The first-order valence-electron chi connectivity index (χ1n) is 3.83. The van der Waals surface area contributed by atoms with Gasteiger partial charge in [0.05, 0.1) is 0 Å². The summed E-state index contributed by atoms with van der Waals surface area (Å²) in [7, 11) is 1.75. The lowest BCUT2D eigenvalue weighted by molar-refractivity contribution is 0.598. The summed E-state index contributed by atoms with van der Waals surface area (Å²) in [6, 6.07) is 0. The van der Waals surface area contributed by atoms with E-state index in [4.69, 9.17) is 5.73 Å². The van der Waals surface area contributed by atoms with Gasteiger partial charge < -0.3 is 5.73 Å². The van der Waals surface area contributed by atoms with Crippen molar-refractivity contribution in [1.82, 2.24) is 24.5 Å². The quantitative estimate of drug-likeness (QED) is 0.694. The first kappa shape index (κ1) is 8.88. The van der Waals surface area contributed by atoms with Crippen molar-refractivity contribution in [3.05, 3.63) is 21.8 Å². The van der Waals surface area contributed by atoms with Gasteiger partial charge in [0.2, 0.25) is 5.13 Å². The molecule has 8 heteroatoms. The van der Waals surface area contributed by atoms with E-state index in [-0.39, 0.29) is 10.0 Å². The van der Waals surface area contributed by atoms with Crippen LogP contribution < -0.4 is 10.6 Å². The summed E-state index contributed by atoms with van der Waals surface area (Å²) in [6.07, 6.45) is 1.43. The molecule has 7 nitrogen and oxygen atoms in total. The molecule has 0 amide bonds. The second kappa shape index (κ2) is 3.22. The van der Waals surface area contributed by atoms with Gasteiger partial charge >= 0.3 is 4.87 Å². The van der Waals surface area contributed by atoms with Crippen molar-refractivity contribution in [3.8, 4) is 0 Å². The molecule has 74 valence electrons. The molecule has 0 bridgehead atoms. The third kappa shape index (κ3) is 1.51. The minimum Gasteiger partial charge on any atom is -0.374 e. The third-order valence-corrected chi connectivity index (χ3v) is 2.39. The smallest absolute Gasteiger partial charge is 0.327 e. The van der Waals surface area contributed by atoms with Gasteiger partial charge in [-0.25, -0.2) is 9.67 Å². The average molecular weight is 212 g/mol. The van der Waals surface area contributed by atoms with Crippen LogP contribution in [0.25, 0.3) is 0 Å². The summed E-state index contributed by atoms with van der Waals surface area (Å²) in [5, 5.41) is 7.99. The number of anilines is 1. The Kier molecular flexibility index (Phi) is 2.04. The van der Waals surface area contributed by atoms with Crippen LogP contribution in [0.15, 0.2) is 11.1 Å². The van der Waals surface area contributed by atoms with E-state index in [0.717, 1.165) is 11.3 Å². The molecule has 0 aromatic carbocycles. The average Bonchev–Trinajstić information content (AvgIpc) is 2.62. The first-order chi connectivity index (χ1) is 6.66. The van der Waals surface area contributed by atoms with E-state index in [1.54, 1.807) is 11.7 Å². The highest BCUT2D eigenvalue weighted by molar-refractivity contribution is 7.12. The molecule has 0 saturated heterocycles. The van der Waals surface area contributed by atoms with Crippen molar-refractivity contribution >= 4 is 16.5 Å². The van der Waals surface area contributed by atoms with Crippen LogP contribution in [0.3, 0.4) is 0 Å². The molecule has 0 fully saturated rings. The van der Waals surface area contributed by atoms with E-state index in [9.17, 15) is 4.79 Å². The molecule has 14 heavy (non-hydrogen) atoms. The van der Waals surface area contributed by atoms with Crippen LogP contribution in [0.5, 0.6) is 0 Å². The normalized spacial score (nSPS) is 10.6. The number of nitrogens with two attached hydrogens (primary N) is 1. The van der Waals surface area contributed by atoms with Crippen LogP contribution in [0.2, 0.25) is 0 Å². The molecule has 0 radical (unpaired) electrons. The van der Waals surface area contributed by atoms with Crippen molar-refractivity contribution in [2.75, 3.05) is 5.73 Å². The summed E-state index contributed by atoms with van der Waals surface area (Å²) in [4.78, 5) is 15.0. The zero-order valence-corrected chi connectivity index (χ0v) is 8.23. The molecule has 0 unspecified atom stereocenters. The van der Waals surface area contributed by atoms with E-state index in [1.165, 1.54) is 11.0 Å². The van der Waals surface area contributed by atoms with Crippen molar-refractivity contribution < 1.29 is 0 Å². The maximum Gasteiger partial charge on any atom is 0.327 e. The topological polar surface area (TPSA) is 91.6 Å². The highest BCUT2D eigenvalue weighted by atomic mass is 32.1. The molecule has 0 aliphatic carbocycles. The molecule has 0 atom stereocenters. The van der Waals surface area contributed by atoms with Gasteiger partial charge in [-0.3, -0.25) is 9.48 Å². The summed E-state index contributed by atoms with van der Waals surface area (Å²) in [5.74, 6) is 0.664. The molecule has 2 rings (SSSR count). The lowest BCUT2D eigenvalue weighted by atomic mass is 10.6. The fourth-order valence-corrected chi connectivity index (χ4v) is 1.55. The van der Waals surface area contributed by atoms with Gasteiger partial charge in [0.25, 0.3) is 0 Å². The van der Waals surface area contributed by atoms with Crippen molar-refractivity contribution in [3.63, 3.8) is 0 Å². The highest BCUT2D eigenvalue weighted by Crippen LogP contribution is 2.00. The summed E-state index contributed by atoms with van der Waals surface area (Å²) in [6.45, 7) is 0.295. The Morgan fingerprint density at radius 2 is 2.43 bits per heavy atom.